The van der Waals surface area contributed by atoms with Crippen LogP contribution in [-0.4, -0.2) is 12.6 Å². The average Bonchev–Trinajstić information content (AvgIpc) is 3.09. The van der Waals surface area contributed by atoms with Crippen molar-refractivity contribution < 1.29 is 26.1 Å². The van der Waals surface area contributed by atoms with Crippen molar-refractivity contribution in [3.05, 3.63) is 182 Å². The van der Waals surface area contributed by atoms with Gasteiger partial charge < -0.3 is 9.59 Å². The fraction of sp³-hybridized carbons (Fsp3) is 0.0500. The Morgan fingerprint density at radius 3 is 0.533 bits per heavy atom. The number of hydrogen-bond acceptors (Lipinski definition) is 2. The quantitative estimate of drug-likeness (QED) is 0.108. The van der Waals surface area contributed by atoms with Crippen LogP contribution < -0.4 is 31.8 Å². The summed E-state index contributed by atoms with van der Waals surface area (Å²) in [5.74, 6) is 0. The molecule has 228 valence electrons. The van der Waals surface area contributed by atoms with E-state index >= 15 is 0 Å². The van der Waals surface area contributed by atoms with E-state index in [2.05, 4.69) is 182 Å². The first-order valence-electron chi connectivity index (χ1n) is 14.2. The van der Waals surface area contributed by atoms with Crippen molar-refractivity contribution >= 4 is 60.2 Å². The van der Waals surface area contributed by atoms with Crippen LogP contribution in [0.15, 0.2) is 182 Å². The zero-order chi connectivity index (χ0) is 31.2. The molecule has 0 bridgehead atoms. The molecule has 0 N–H and O–H groups in total. The minimum atomic E-state index is -0.446. The van der Waals surface area contributed by atoms with Gasteiger partial charge in [-0.25, -0.2) is 0 Å². The van der Waals surface area contributed by atoms with E-state index in [4.69, 9.17) is 9.59 Å². The third-order valence-electron chi connectivity index (χ3n) is 6.09. The summed E-state index contributed by atoms with van der Waals surface area (Å²) in [5.41, 5.74) is 0. The Kier molecular flexibility index (Phi) is 18.6. The summed E-state index contributed by atoms with van der Waals surface area (Å²) in [4.78, 5) is 17.4. The molecule has 0 aromatic heterocycles. The molecule has 45 heavy (non-hydrogen) atoms. The Hall–Kier alpha value is -3.99. The Balaban J connectivity index is 0.000000262. The van der Waals surface area contributed by atoms with Crippen molar-refractivity contribution in [1.29, 1.82) is 0 Å². The number of carbonyl (C=O) groups excluding carboxylic acids is 2. The van der Waals surface area contributed by atoms with Crippen molar-refractivity contribution in [2.45, 2.75) is 13.8 Å². The Labute approximate surface area is 281 Å². The van der Waals surface area contributed by atoms with Crippen LogP contribution in [0.3, 0.4) is 0 Å². The fourth-order valence-electron chi connectivity index (χ4n) is 4.36. The number of benzene rings is 6. The standard InChI is InChI=1S/2C18H15P.2C2H3O.Ni/c2*1-4-10-16(11-5-1)19(17-12-6-2-7-13-17)18-14-8-3-9-15-18;2*1-2-3;/h2*1-15H;2*1H3;/q;;2*-1;+2. The summed E-state index contributed by atoms with van der Waals surface area (Å²) in [6.45, 7) is 2.64. The Bertz CT molecular complexity index is 1280. The summed E-state index contributed by atoms with van der Waals surface area (Å²) in [6, 6.07) is 64.7. The molecular formula is C40H36NiO2P2. The predicted octanol–water partition coefficient (Wildman–Crippen LogP) is 7.12. The Morgan fingerprint density at radius 1 is 0.311 bits per heavy atom. The molecule has 0 amide bonds. The average molecular weight is 669 g/mol. The largest absolute Gasteiger partial charge is 2.00 e. The summed E-state index contributed by atoms with van der Waals surface area (Å²) < 4.78 is 0. The van der Waals surface area contributed by atoms with E-state index in [-0.39, 0.29) is 16.5 Å². The number of rotatable bonds is 6. The summed E-state index contributed by atoms with van der Waals surface area (Å²) in [6.07, 6.45) is 3.00. The van der Waals surface area contributed by atoms with Gasteiger partial charge in [0.2, 0.25) is 0 Å². The van der Waals surface area contributed by atoms with Gasteiger partial charge in [-0.15, -0.1) is 0 Å². The minimum absolute atomic E-state index is 0. The molecule has 0 saturated carbocycles. The zero-order valence-electron chi connectivity index (χ0n) is 25.3. The molecule has 0 heterocycles. The normalized spacial score (nSPS) is 9.51. The molecule has 0 spiro atoms. The Morgan fingerprint density at radius 2 is 0.422 bits per heavy atom. The molecule has 5 heteroatoms. The maximum atomic E-state index is 8.68. The van der Waals surface area contributed by atoms with E-state index in [1.165, 1.54) is 58.2 Å². The number of hydrogen-bond donors (Lipinski definition) is 0. The third kappa shape index (κ3) is 12.5. The second-order valence-corrected chi connectivity index (χ2v) is 13.5. The summed E-state index contributed by atoms with van der Waals surface area (Å²) >= 11 is 0. The maximum absolute atomic E-state index is 8.68. The van der Waals surface area contributed by atoms with Gasteiger partial charge in [0.25, 0.3) is 0 Å². The van der Waals surface area contributed by atoms with E-state index in [1.54, 1.807) is 0 Å². The van der Waals surface area contributed by atoms with Gasteiger partial charge in [-0.1, -0.05) is 182 Å². The molecule has 2 nitrogen and oxygen atoms in total. The maximum Gasteiger partial charge on any atom is 2.00 e. The zero-order valence-corrected chi connectivity index (χ0v) is 28.1. The van der Waals surface area contributed by atoms with Gasteiger partial charge >= 0.3 is 16.5 Å². The van der Waals surface area contributed by atoms with Crippen molar-refractivity contribution in [2.24, 2.45) is 0 Å². The molecule has 0 saturated heterocycles. The van der Waals surface area contributed by atoms with Gasteiger partial charge in [0.15, 0.2) is 0 Å². The van der Waals surface area contributed by atoms with Crippen LogP contribution >= 0.6 is 15.8 Å². The van der Waals surface area contributed by atoms with Crippen LogP contribution in [-0.2, 0) is 26.1 Å². The summed E-state index contributed by atoms with van der Waals surface area (Å²) in [5, 5.41) is 8.39. The van der Waals surface area contributed by atoms with Crippen LogP contribution in [0.1, 0.15) is 13.8 Å². The van der Waals surface area contributed by atoms with Crippen LogP contribution in [0.2, 0.25) is 0 Å². The van der Waals surface area contributed by atoms with Gasteiger partial charge in [-0.3, -0.25) is 12.6 Å². The van der Waals surface area contributed by atoms with E-state index in [0.717, 1.165) is 0 Å². The van der Waals surface area contributed by atoms with Crippen molar-refractivity contribution in [3.8, 4) is 0 Å². The smallest absolute Gasteiger partial charge is 0.542 e. The van der Waals surface area contributed by atoms with Crippen LogP contribution in [0.4, 0.5) is 0 Å². The molecule has 0 unspecified atom stereocenters. The van der Waals surface area contributed by atoms with E-state index in [9.17, 15) is 0 Å². The minimum Gasteiger partial charge on any atom is -0.542 e. The van der Waals surface area contributed by atoms with Crippen LogP contribution in [0, 0.1) is 0 Å². The molecule has 0 aliphatic heterocycles. The van der Waals surface area contributed by atoms with Gasteiger partial charge in [-0.05, 0) is 47.7 Å². The van der Waals surface area contributed by atoms with Gasteiger partial charge in [0.05, 0.1) is 0 Å². The fourth-order valence-corrected chi connectivity index (χ4v) is 8.97. The summed E-state index contributed by atoms with van der Waals surface area (Å²) in [7, 11) is -0.892. The van der Waals surface area contributed by atoms with Gasteiger partial charge in [-0.2, -0.15) is 13.8 Å². The van der Waals surface area contributed by atoms with Crippen molar-refractivity contribution in [3.63, 3.8) is 0 Å². The molecule has 0 aliphatic carbocycles. The SMILES string of the molecule is C[C-]=O.C[C-]=O.[Ni+2].c1ccc(P(c2ccccc2)c2ccccc2)cc1.c1ccc(P(c2ccccc2)c2ccccc2)cc1. The second kappa shape index (κ2) is 22.5. The molecular weight excluding hydrogens is 633 g/mol. The van der Waals surface area contributed by atoms with E-state index in [1.807, 2.05) is 0 Å². The molecule has 0 radical (unpaired) electrons. The van der Waals surface area contributed by atoms with Gasteiger partial charge in [0, 0.05) is 0 Å². The molecule has 6 aromatic carbocycles. The molecule has 6 aromatic rings. The molecule has 0 aliphatic rings. The first-order valence-corrected chi connectivity index (χ1v) is 16.9. The monoisotopic (exact) mass is 668 g/mol. The molecule has 0 atom stereocenters. The second-order valence-electron chi connectivity index (χ2n) is 9.09. The van der Waals surface area contributed by atoms with E-state index in [0.29, 0.717) is 0 Å². The topological polar surface area (TPSA) is 34.1 Å². The van der Waals surface area contributed by atoms with Crippen molar-refractivity contribution in [1.82, 2.24) is 0 Å². The molecule has 6 rings (SSSR count). The first-order chi connectivity index (χ1) is 21.7. The predicted molar refractivity (Wildman–Crippen MR) is 193 cm³/mol. The van der Waals surface area contributed by atoms with Crippen LogP contribution in [0.25, 0.3) is 0 Å². The van der Waals surface area contributed by atoms with Crippen LogP contribution in [0.5, 0.6) is 0 Å². The molecule has 0 fully saturated rings. The first kappa shape index (κ1) is 37.2. The van der Waals surface area contributed by atoms with Crippen molar-refractivity contribution in [2.75, 3.05) is 0 Å². The van der Waals surface area contributed by atoms with Gasteiger partial charge in [0.1, 0.15) is 0 Å². The van der Waals surface area contributed by atoms with E-state index < -0.39 is 15.8 Å². The third-order valence-corrected chi connectivity index (χ3v) is 11.0.